The normalized spacial score (nSPS) is 15.8. The highest BCUT2D eigenvalue weighted by Gasteiger charge is 2.38. The fourth-order valence-corrected chi connectivity index (χ4v) is 5.02. The molecule has 1 unspecified atom stereocenters. The van der Waals surface area contributed by atoms with Crippen molar-refractivity contribution in [2.75, 3.05) is 13.7 Å². The van der Waals surface area contributed by atoms with Crippen molar-refractivity contribution in [3.05, 3.63) is 101 Å². The van der Waals surface area contributed by atoms with Crippen LogP contribution in [0.4, 0.5) is 0 Å². The van der Waals surface area contributed by atoms with Gasteiger partial charge in [-0.2, -0.15) is 0 Å². The van der Waals surface area contributed by atoms with Crippen molar-refractivity contribution < 1.29 is 18.8 Å². The molecule has 8 nitrogen and oxygen atoms in total. The van der Waals surface area contributed by atoms with Crippen LogP contribution in [0.1, 0.15) is 51.7 Å². The third-order valence-electron chi connectivity index (χ3n) is 7.03. The summed E-state index contributed by atoms with van der Waals surface area (Å²) in [6, 6.07) is 20.0. The molecule has 0 radical (unpaired) electrons. The highest BCUT2D eigenvalue weighted by Crippen LogP contribution is 2.31. The highest BCUT2D eigenvalue weighted by atomic mass is 16.5. The van der Waals surface area contributed by atoms with Crippen LogP contribution < -0.4 is 10.1 Å². The molecule has 0 spiro atoms. The van der Waals surface area contributed by atoms with E-state index in [2.05, 4.69) is 15.5 Å². The van der Waals surface area contributed by atoms with Gasteiger partial charge in [0.2, 0.25) is 11.8 Å². The van der Waals surface area contributed by atoms with Gasteiger partial charge in [0, 0.05) is 24.4 Å². The summed E-state index contributed by atoms with van der Waals surface area (Å²) in [6.07, 6.45) is 3.01. The quantitative estimate of drug-likeness (QED) is 0.381. The second-order valence-electron chi connectivity index (χ2n) is 9.42. The lowest BCUT2D eigenvalue weighted by atomic mass is 9.95. The van der Waals surface area contributed by atoms with Crippen LogP contribution in [0.5, 0.6) is 5.88 Å². The van der Waals surface area contributed by atoms with Gasteiger partial charge < -0.3 is 19.5 Å². The molecule has 2 amide bonds. The number of pyridine rings is 1. The number of amides is 2. The monoisotopic (exact) mass is 510 g/mol. The lowest BCUT2D eigenvalue weighted by molar-refractivity contribution is -0.125. The number of carbonyl (C=O) groups excluding carboxylic acids is 2. The maximum Gasteiger partial charge on any atom is 0.260 e. The minimum Gasteiger partial charge on any atom is -0.481 e. The molecule has 1 N–H and O–H groups in total. The molecule has 0 aliphatic carbocycles. The number of likely N-dealkylation sites (tertiary alicyclic amines) is 1. The molecule has 0 bridgehead atoms. The molecule has 1 saturated heterocycles. The molecule has 0 saturated carbocycles. The van der Waals surface area contributed by atoms with Gasteiger partial charge in [0.25, 0.3) is 5.91 Å². The molecule has 1 fully saturated rings. The van der Waals surface area contributed by atoms with E-state index in [1.807, 2.05) is 67.6 Å². The summed E-state index contributed by atoms with van der Waals surface area (Å²) in [4.78, 5) is 33.6. The topological polar surface area (TPSA) is 97.6 Å². The Bertz CT molecular complexity index is 1430. The Hall–Kier alpha value is -4.46. The fourth-order valence-electron chi connectivity index (χ4n) is 5.02. The Labute approximate surface area is 221 Å². The van der Waals surface area contributed by atoms with Crippen LogP contribution in [-0.2, 0) is 4.79 Å². The van der Waals surface area contributed by atoms with Crippen molar-refractivity contribution in [1.82, 2.24) is 20.4 Å². The molecule has 2 aromatic heterocycles. The van der Waals surface area contributed by atoms with Crippen molar-refractivity contribution in [1.29, 1.82) is 0 Å². The number of carbonyl (C=O) groups is 2. The first-order valence-corrected chi connectivity index (χ1v) is 12.7. The van der Waals surface area contributed by atoms with Crippen LogP contribution in [0, 0.1) is 13.8 Å². The van der Waals surface area contributed by atoms with E-state index in [-0.39, 0.29) is 11.8 Å². The van der Waals surface area contributed by atoms with E-state index in [0.717, 1.165) is 28.7 Å². The van der Waals surface area contributed by atoms with Gasteiger partial charge in [-0.1, -0.05) is 59.8 Å². The zero-order chi connectivity index (χ0) is 26.6. The minimum absolute atomic E-state index is 0.213. The molecule has 1 aliphatic heterocycles. The lowest BCUT2D eigenvalue weighted by Crippen LogP contribution is -2.47. The average Bonchev–Trinajstić information content (AvgIpc) is 3.60. The van der Waals surface area contributed by atoms with Crippen LogP contribution >= 0.6 is 0 Å². The Morgan fingerprint density at radius 2 is 1.82 bits per heavy atom. The second-order valence-corrected chi connectivity index (χ2v) is 9.42. The van der Waals surface area contributed by atoms with Gasteiger partial charge >= 0.3 is 0 Å². The first kappa shape index (κ1) is 25.2. The molecule has 2 atom stereocenters. The number of benzene rings is 2. The van der Waals surface area contributed by atoms with Gasteiger partial charge in [-0.3, -0.25) is 9.59 Å². The summed E-state index contributed by atoms with van der Waals surface area (Å²) < 4.78 is 10.6. The predicted molar refractivity (Wildman–Crippen MR) is 143 cm³/mol. The summed E-state index contributed by atoms with van der Waals surface area (Å²) in [6.45, 7) is 4.22. The number of nitrogens with zero attached hydrogens (tertiary/aromatic N) is 3. The number of hydrogen-bond donors (Lipinski definition) is 1. The van der Waals surface area contributed by atoms with Crippen LogP contribution in [0.3, 0.4) is 0 Å². The van der Waals surface area contributed by atoms with E-state index < -0.39 is 12.1 Å². The standard InChI is InChI=1S/C30H30N4O4/c1-19-10-7-8-13-23(19)27(22-15-16-25(37-3)31-18-22)32-29(35)24-14-9-17-34(24)30(36)26-20(2)38-33-28(26)21-11-5-4-6-12-21/h4-8,10-13,15-16,18,24,27H,9,14,17H2,1-3H3,(H,32,35)/t24-,27?/m1/s1. The number of hydrogen-bond acceptors (Lipinski definition) is 6. The molecular formula is C30H30N4O4. The first-order chi connectivity index (χ1) is 18.5. The predicted octanol–water partition coefficient (Wildman–Crippen LogP) is 4.87. The Morgan fingerprint density at radius 1 is 1.05 bits per heavy atom. The second kappa shape index (κ2) is 10.9. The van der Waals surface area contributed by atoms with Gasteiger partial charge in [0.15, 0.2) is 0 Å². The molecule has 8 heteroatoms. The molecule has 1 aliphatic rings. The van der Waals surface area contributed by atoms with Gasteiger partial charge in [-0.15, -0.1) is 0 Å². The van der Waals surface area contributed by atoms with Crippen LogP contribution in [-0.4, -0.2) is 46.6 Å². The number of aromatic nitrogens is 2. The van der Waals surface area contributed by atoms with E-state index in [9.17, 15) is 9.59 Å². The fraction of sp³-hybridized carbons (Fsp3) is 0.267. The molecule has 38 heavy (non-hydrogen) atoms. The molecular weight excluding hydrogens is 480 g/mol. The van der Waals surface area contributed by atoms with Crippen molar-refractivity contribution in [2.24, 2.45) is 0 Å². The lowest BCUT2D eigenvalue weighted by Gasteiger charge is -2.27. The molecule has 4 aromatic rings. The molecule has 194 valence electrons. The van der Waals surface area contributed by atoms with Crippen molar-refractivity contribution >= 4 is 11.8 Å². The van der Waals surface area contributed by atoms with Gasteiger partial charge in [0.1, 0.15) is 23.1 Å². The number of methoxy groups -OCH3 is 1. The zero-order valence-corrected chi connectivity index (χ0v) is 21.7. The SMILES string of the molecule is COc1ccc(C(NC(=O)[C@H]2CCCN2C(=O)c2c(-c3ccccc3)noc2C)c2ccccc2C)cn1. The largest absolute Gasteiger partial charge is 0.481 e. The average molecular weight is 511 g/mol. The summed E-state index contributed by atoms with van der Waals surface area (Å²) in [7, 11) is 1.56. The first-order valence-electron chi connectivity index (χ1n) is 12.7. The maximum absolute atomic E-state index is 13.8. The van der Waals surface area contributed by atoms with Gasteiger partial charge in [0.05, 0.1) is 13.2 Å². The van der Waals surface area contributed by atoms with Crippen LogP contribution in [0.15, 0.2) is 77.4 Å². The Balaban J connectivity index is 1.43. The van der Waals surface area contributed by atoms with Crippen molar-refractivity contribution in [3.8, 4) is 17.1 Å². The molecule has 5 rings (SSSR count). The minimum atomic E-state index is -0.613. The molecule has 2 aromatic carbocycles. The van der Waals surface area contributed by atoms with E-state index in [1.165, 1.54) is 0 Å². The smallest absolute Gasteiger partial charge is 0.260 e. The number of ether oxygens (including phenoxy) is 1. The number of rotatable bonds is 7. The van der Waals surface area contributed by atoms with Crippen LogP contribution in [0.2, 0.25) is 0 Å². The maximum atomic E-state index is 13.8. The zero-order valence-electron chi connectivity index (χ0n) is 21.7. The van der Waals surface area contributed by atoms with Gasteiger partial charge in [-0.25, -0.2) is 4.98 Å². The number of nitrogens with one attached hydrogen (secondary N) is 1. The van der Waals surface area contributed by atoms with E-state index >= 15 is 0 Å². The summed E-state index contributed by atoms with van der Waals surface area (Å²) in [5.74, 6) is 0.464. The van der Waals surface area contributed by atoms with E-state index in [0.29, 0.717) is 35.9 Å². The third kappa shape index (κ3) is 4.89. The Kier molecular flexibility index (Phi) is 7.22. The molecule has 3 heterocycles. The number of aryl methyl sites for hydroxylation is 2. The van der Waals surface area contributed by atoms with E-state index in [4.69, 9.17) is 9.26 Å². The summed E-state index contributed by atoms with van der Waals surface area (Å²) in [5, 5.41) is 7.37. The Morgan fingerprint density at radius 3 is 2.53 bits per heavy atom. The van der Waals surface area contributed by atoms with Crippen LogP contribution in [0.25, 0.3) is 11.3 Å². The van der Waals surface area contributed by atoms with Crippen molar-refractivity contribution in [3.63, 3.8) is 0 Å². The third-order valence-corrected chi connectivity index (χ3v) is 7.03. The summed E-state index contributed by atoms with van der Waals surface area (Å²) >= 11 is 0. The summed E-state index contributed by atoms with van der Waals surface area (Å²) in [5.41, 5.74) is 4.50. The van der Waals surface area contributed by atoms with Crippen molar-refractivity contribution in [2.45, 2.75) is 38.8 Å². The van der Waals surface area contributed by atoms with E-state index in [1.54, 1.807) is 31.2 Å². The van der Waals surface area contributed by atoms with Gasteiger partial charge in [-0.05, 0) is 49.4 Å². The highest BCUT2D eigenvalue weighted by molar-refractivity contribution is 6.03.